The summed E-state index contributed by atoms with van der Waals surface area (Å²) >= 11 is 0. The van der Waals surface area contributed by atoms with Gasteiger partial charge in [0, 0.05) is 0 Å². The van der Waals surface area contributed by atoms with E-state index >= 15 is 0 Å². The molecule has 0 saturated heterocycles. The van der Waals surface area contributed by atoms with Crippen LogP contribution in [0.25, 0.3) is 0 Å². The molecular formula is C7H6F3NO4. The van der Waals surface area contributed by atoms with E-state index in [4.69, 9.17) is 0 Å². The summed E-state index contributed by atoms with van der Waals surface area (Å²) in [6.45, 7) is 1.01. The SMILES string of the molecule is COC(=O)[C@]1(C(F)(F)F)N=C(C)C(=O)O1. The first kappa shape index (κ1) is 11.5. The minimum Gasteiger partial charge on any atom is -0.464 e. The number of carbonyl (C=O) groups is 2. The number of ether oxygens (including phenoxy) is 2. The van der Waals surface area contributed by atoms with Gasteiger partial charge in [-0.3, -0.25) is 0 Å². The van der Waals surface area contributed by atoms with Crippen molar-refractivity contribution in [3.8, 4) is 0 Å². The van der Waals surface area contributed by atoms with Gasteiger partial charge in [-0.25, -0.2) is 14.6 Å². The molecule has 8 heteroatoms. The maximum absolute atomic E-state index is 12.5. The number of hydrogen-bond acceptors (Lipinski definition) is 5. The molecule has 15 heavy (non-hydrogen) atoms. The average Bonchev–Trinajstić information content (AvgIpc) is 2.42. The smallest absolute Gasteiger partial charge is 0.463 e. The Kier molecular flexibility index (Phi) is 2.46. The molecule has 0 aromatic heterocycles. The summed E-state index contributed by atoms with van der Waals surface area (Å²) in [7, 11) is 0.743. The van der Waals surface area contributed by atoms with E-state index in [0.717, 1.165) is 14.0 Å². The van der Waals surface area contributed by atoms with Crippen LogP contribution >= 0.6 is 0 Å². The Hall–Kier alpha value is -1.60. The Morgan fingerprint density at radius 1 is 1.53 bits per heavy atom. The lowest BCUT2D eigenvalue weighted by molar-refractivity contribution is -0.261. The van der Waals surface area contributed by atoms with Crippen molar-refractivity contribution in [1.29, 1.82) is 0 Å². The molecule has 1 heterocycles. The van der Waals surface area contributed by atoms with Crippen molar-refractivity contribution in [3.63, 3.8) is 0 Å². The van der Waals surface area contributed by atoms with Crippen LogP contribution < -0.4 is 0 Å². The van der Waals surface area contributed by atoms with Crippen molar-refractivity contribution in [2.24, 2.45) is 4.99 Å². The third-order valence-electron chi connectivity index (χ3n) is 1.71. The van der Waals surface area contributed by atoms with E-state index in [-0.39, 0.29) is 0 Å². The number of aliphatic imine (C=N–C) groups is 1. The van der Waals surface area contributed by atoms with Crippen LogP contribution in [0.4, 0.5) is 13.2 Å². The molecule has 5 nitrogen and oxygen atoms in total. The molecule has 0 aromatic carbocycles. The van der Waals surface area contributed by atoms with Gasteiger partial charge in [-0.05, 0) is 6.92 Å². The van der Waals surface area contributed by atoms with Crippen molar-refractivity contribution in [3.05, 3.63) is 0 Å². The van der Waals surface area contributed by atoms with Gasteiger partial charge in [0.25, 0.3) is 0 Å². The van der Waals surface area contributed by atoms with Crippen LogP contribution in [0.2, 0.25) is 0 Å². The Balaban J connectivity index is 3.24. The molecule has 0 bridgehead atoms. The van der Waals surface area contributed by atoms with Crippen LogP contribution in [0, 0.1) is 0 Å². The molecule has 0 amide bonds. The van der Waals surface area contributed by atoms with E-state index in [1.165, 1.54) is 0 Å². The molecule has 0 fully saturated rings. The third-order valence-corrected chi connectivity index (χ3v) is 1.71. The minimum absolute atomic E-state index is 0.530. The second kappa shape index (κ2) is 3.21. The molecule has 84 valence electrons. The quantitative estimate of drug-likeness (QED) is 0.607. The normalized spacial score (nSPS) is 25.9. The van der Waals surface area contributed by atoms with Crippen molar-refractivity contribution < 1.29 is 32.2 Å². The number of rotatable bonds is 1. The van der Waals surface area contributed by atoms with Gasteiger partial charge >= 0.3 is 23.8 Å². The molecular weight excluding hydrogens is 219 g/mol. The number of methoxy groups -OCH3 is 1. The number of esters is 2. The van der Waals surface area contributed by atoms with E-state index in [1.807, 2.05) is 0 Å². The lowest BCUT2D eigenvalue weighted by atomic mass is 10.2. The second-order valence-corrected chi connectivity index (χ2v) is 2.72. The summed E-state index contributed by atoms with van der Waals surface area (Å²) in [4.78, 5) is 24.6. The molecule has 1 rings (SSSR count). The van der Waals surface area contributed by atoms with Crippen LogP contribution in [0.5, 0.6) is 0 Å². The van der Waals surface area contributed by atoms with Gasteiger partial charge in [-0.15, -0.1) is 0 Å². The van der Waals surface area contributed by atoms with Crippen LogP contribution in [-0.4, -0.2) is 36.7 Å². The highest BCUT2D eigenvalue weighted by Gasteiger charge is 2.68. The maximum atomic E-state index is 12.5. The molecule has 0 radical (unpaired) electrons. The Morgan fingerprint density at radius 3 is 2.33 bits per heavy atom. The number of carbonyl (C=O) groups excluding carboxylic acids is 2. The van der Waals surface area contributed by atoms with Gasteiger partial charge in [0.2, 0.25) is 0 Å². The standard InChI is InChI=1S/C7H6F3NO4/c1-3-4(12)15-6(11-3,5(13)14-2)7(8,9)10/h1-2H3/t6-/m0/s1. The number of hydrogen-bond donors (Lipinski definition) is 0. The summed E-state index contributed by atoms with van der Waals surface area (Å²) in [5, 5.41) is 0. The summed E-state index contributed by atoms with van der Waals surface area (Å²) in [6, 6.07) is 0. The fourth-order valence-electron chi connectivity index (χ4n) is 0.975. The fourth-order valence-corrected chi connectivity index (χ4v) is 0.975. The predicted octanol–water partition coefficient (Wildman–Crippen LogP) is 0.436. The Morgan fingerprint density at radius 2 is 2.07 bits per heavy atom. The second-order valence-electron chi connectivity index (χ2n) is 2.72. The molecule has 0 spiro atoms. The van der Waals surface area contributed by atoms with Gasteiger partial charge < -0.3 is 9.47 Å². The van der Waals surface area contributed by atoms with Crippen molar-refractivity contribution in [2.45, 2.75) is 18.8 Å². The molecule has 0 aromatic rings. The van der Waals surface area contributed by atoms with Crippen molar-refractivity contribution in [2.75, 3.05) is 7.11 Å². The molecule has 1 atom stereocenters. The highest BCUT2D eigenvalue weighted by Crippen LogP contribution is 2.39. The van der Waals surface area contributed by atoms with Crippen molar-refractivity contribution >= 4 is 17.7 Å². The number of cyclic esters (lactones) is 1. The van der Waals surface area contributed by atoms with Crippen LogP contribution in [0.15, 0.2) is 4.99 Å². The number of halogens is 3. The lowest BCUT2D eigenvalue weighted by Crippen LogP contribution is -2.51. The zero-order valence-corrected chi connectivity index (χ0v) is 7.71. The fraction of sp³-hybridized carbons (Fsp3) is 0.571. The predicted molar refractivity (Wildman–Crippen MR) is 40.0 cm³/mol. The van der Waals surface area contributed by atoms with E-state index < -0.39 is 29.6 Å². The van der Waals surface area contributed by atoms with Crippen molar-refractivity contribution in [1.82, 2.24) is 0 Å². The summed E-state index contributed by atoms with van der Waals surface area (Å²) in [5.74, 6) is -3.07. The molecule has 1 aliphatic rings. The lowest BCUT2D eigenvalue weighted by Gasteiger charge is -2.23. The average molecular weight is 225 g/mol. The van der Waals surface area contributed by atoms with Gasteiger partial charge in [-0.1, -0.05) is 0 Å². The van der Waals surface area contributed by atoms with E-state index in [9.17, 15) is 22.8 Å². The Bertz CT molecular complexity index is 349. The first-order valence-corrected chi connectivity index (χ1v) is 3.69. The highest BCUT2D eigenvalue weighted by molar-refractivity contribution is 6.37. The van der Waals surface area contributed by atoms with E-state index in [2.05, 4.69) is 14.5 Å². The third kappa shape index (κ3) is 1.55. The molecule has 0 aliphatic carbocycles. The van der Waals surface area contributed by atoms with E-state index in [0.29, 0.717) is 0 Å². The minimum atomic E-state index is -5.15. The molecule has 0 N–H and O–H groups in total. The largest absolute Gasteiger partial charge is 0.464 e. The highest BCUT2D eigenvalue weighted by atomic mass is 19.4. The topological polar surface area (TPSA) is 65.0 Å². The van der Waals surface area contributed by atoms with E-state index in [1.54, 1.807) is 0 Å². The zero-order valence-electron chi connectivity index (χ0n) is 7.71. The zero-order chi connectivity index (χ0) is 11.9. The van der Waals surface area contributed by atoms with Gasteiger partial charge in [0.05, 0.1) is 7.11 Å². The number of alkyl halides is 3. The summed E-state index contributed by atoms with van der Waals surface area (Å²) in [5.41, 5.74) is -4.07. The molecule has 1 aliphatic heterocycles. The van der Waals surface area contributed by atoms with Crippen LogP contribution in [-0.2, 0) is 19.1 Å². The summed E-state index contributed by atoms with van der Waals surface area (Å²) in [6.07, 6.45) is -5.15. The van der Waals surface area contributed by atoms with Gasteiger partial charge in [0.15, 0.2) is 0 Å². The monoisotopic (exact) mass is 225 g/mol. The molecule has 0 saturated carbocycles. The van der Waals surface area contributed by atoms with Gasteiger partial charge in [-0.2, -0.15) is 13.2 Å². The summed E-state index contributed by atoms with van der Waals surface area (Å²) < 4.78 is 45.4. The molecule has 0 unspecified atom stereocenters. The number of nitrogens with zero attached hydrogens (tertiary/aromatic N) is 1. The first-order chi connectivity index (χ1) is 6.74. The van der Waals surface area contributed by atoms with Crippen LogP contribution in [0.1, 0.15) is 6.92 Å². The first-order valence-electron chi connectivity index (χ1n) is 3.69. The maximum Gasteiger partial charge on any atom is 0.463 e. The Labute approximate surface area is 81.9 Å². The van der Waals surface area contributed by atoms with Gasteiger partial charge in [0.1, 0.15) is 5.71 Å². The van der Waals surface area contributed by atoms with Crippen LogP contribution in [0.3, 0.4) is 0 Å².